The molecule has 0 N–H and O–H groups in total. The van der Waals surface area contributed by atoms with Crippen LogP contribution in [0.3, 0.4) is 0 Å². The van der Waals surface area contributed by atoms with Crippen LogP contribution in [0.15, 0.2) is 18.2 Å². The third kappa shape index (κ3) is 4.54. The summed E-state index contributed by atoms with van der Waals surface area (Å²) in [4.78, 5) is 2.51. The van der Waals surface area contributed by atoms with E-state index < -0.39 is 0 Å². The summed E-state index contributed by atoms with van der Waals surface area (Å²) in [5.41, 5.74) is 0. The number of nitrogens with zero attached hydrogens (tertiary/aromatic N) is 1. The largest absolute Gasteiger partial charge is 0.475 e. The summed E-state index contributed by atoms with van der Waals surface area (Å²) in [6, 6.07) is 5.88. The molecule has 1 aromatic carbocycles. The minimum absolute atomic E-state index is 0.204. The van der Waals surface area contributed by atoms with Gasteiger partial charge in [-0.1, -0.05) is 32.6 Å². The Balaban J connectivity index is 1.52. The van der Waals surface area contributed by atoms with Crippen LogP contribution in [0.1, 0.15) is 58.3 Å². The van der Waals surface area contributed by atoms with Crippen molar-refractivity contribution in [1.29, 1.82) is 0 Å². The molecule has 1 aromatic rings. The summed E-state index contributed by atoms with van der Waals surface area (Å²) in [7, 11) is 0. The Labute approximate surface area is 139 Å². The number of rotatable bonds is 8. The van der Waals surface area contributed by atoms with E-state index in [0.717, 1.165) is 36.8 Å². The van der Waals surface area contributed by atoms with Gasteiger partial charge in [0.1, 0.15) is 5.75 Å². The second-order valence-electron chi connectivity index (χ2n) is 6.53. The van der Waals surface area contributed by atoms with Gasteiger partial charge in [0.15, 0.2) is 17.7 Å². The van der Waals surface area contributed by atoms with Gasteiger partial charge >= 0.3 is 0 Å². The first-order chi connectivity index (χ1) is 11.4. The number of benzene rings is 1. The maximum absolute atomic E-state index is 6.26. The highest BCUT2D eigenvalue weighted by atomic mass is 16.7. The number of ether oxygens (including phenoxy) is 3. The van der Waals surface area contributed by atoms with Crippen molar-refractivity contribution in [3.05, 3.63) is 18.2 Å². The van der Waals surface area contributed by atoms with Crippen molar-refractivity contribution in [1.82, 2.24) is 4.90 Å². The lowest BCUT2D eigenvalue weighted by molar-refractivity contribution is -0.00482. The van der Waals surface area contributed by atoms with Gasteiger partial charge < -0.3 is 14.2 Å². The first kappa shape index (κ1) is 16.4. The first-order valence-electron chi connectivity index (χ1n) is 9.17. The Morgan fingerprint density at radius 3 is 2.87 bits per heavy atom. The normalized spacial score (nSPS) is 20.7. The lowest BCUT2D eigenvalue weighted by Gasteiger charge is -2.35. The fraction of sp³-hybridized carbons (Fsp3) is 0.684. The van der Waals surface area contributed by atoms with E-state index in [1.807, 2.05) is 18.2 Å². The van der Waals surface area contributed by atoms with E-state index in [-0.39, 0.29) is 6.23 Å². The molecule has 23 heavy (non-hydrogen) atoms. The Bertz CT molecular complexity index is 492. The van der Waals surface area contributed by atoms with Crippen molar-refractivity contribution in [3.8, 4) is 17.2 Å². The summed E-state index contributed by atoms with van der Waals surface area (Å²) in [6.07, 6.45) is 10.5. The fourth-order valence-corrected chi connectivity index (χ4v) is 3.38. The Morgan fingerprint density at radius 2 is 1.96 bits per heavy atom. The quantitative estimate of drug-likeness (QED) is 0.656. The molecule has 1 saturated heterocycles. The molecule has 1 atom stereocenters. The van der Waals surface area contributed by atoms with Crippen molar-refractivity contribution in [2.24, 2.45) is 0 Å². The number of hydrogen-bond acceptors (Lipinski definition) is 4. The van der Waals surface area contributed by atoms with Gasteiger partial charge in [0.25, 0.3) is 0 Å². The topological polar surface area (TPSA) is 30.9 Å². The summed E-state index contributed by atoms with van der Waals surface area (Å²) >= 11 is 0. The predicted molar refractivity (Wildman–Crippen MR) is 91.2 cm³/mol. The molecule has 3 rings (SSSR count). The monoisotopic (exact) mass is 319 g/mol. The van der Waals surface area contributed by atoms with Crippen molar-refractivity contribution in [2.45, 2.75) is 64.5 Å². The van der Waals surface area contributed by atoms with Gasteiger partial charge in [-0.2, -0.15) is 0 Å². The van der Waals surface area contributed by atoms with Crippen LogP contribution < -0.4 is 14.2 Å². The molecule has 0 amide bonds. The summed E-state index contributed by atoms with van der Waals surface area (Å²) in [5.74, 6) is 2.50. The van der Waals surface area contributed by atoms with E-state index in [2.05, 4.69) is 11.8 Å². The maximum Gasteiger partial charge on any atom is 0.231 e. The highest BCUT2D eigenvalue weighted by molar-refractivity contribution is 5.46. The molecule has 2 aliphatic rings. The second kappa shape index (κ2) is 8.44. The SMILES string of the molecule is CCCCCCCN1CCCCC1Oc1ccc2c(c1)OCO2. The van der Waals surface area contributed by atoms with E-state index in [9.17, 15) is 0 Å². The molecule has 1 unspecified atom stereocenters. The smallest absolute Gasteiger partial charge is 0.231 e. The number of fused-ring (bicyclic) bond motifs is 1. The molecule has 0 bridgehead atoms. The average molecular weight is 319 g/mol. The molecule has 4 heteroatoms. The molecular formula is C19H29NO3. The van der Waals surface area contributed by atoms with Crippen molar-refractivity contribution in [2.75, 3.05) is 19.9 Å². The van der Waals surface area contributed by atoms with Crippen molar-refractivity contribution in [3.63, 3.8) is 0 Å². The van der Waals surface area contributed by atoms with Gasteiger partial charge in [-0.15, -0.1) is 0 Å². The van der Waals surface area contributed by atoms with Gasteiger partial charge in [0.05, 0.1) is 0 Å². The zero-order chi connectivity index (χ0) is 15.9. The van der Waals surface area contributed by atoms with Crippen molar-refractivity contribution < 1.29 is 14.2 Å². The highest BCUT2D eigenvalue weighted by Crippen LogP contribution is 2.36. The van der Waals surface area contributed by atoms with Gasteiger partial charge in [-0.25, -0.2) is 0 Å². The zero-order valence-electron chi connectivity index (χ0n) is 14.3. The van der Waals surface area contributed by atoms with E-state index in [4.69, 9.17) is 14.2 Å². The Morgan fingerprint density at radius 1 is 1.09 bits per heavy atom. The van der Waals surface area contributed by atoms with Crippen LogP contribution in [0.25, 0.3) is 0 Å². The third-order valence-electron chi connectivity index (χ3n) is 4.72. The molecule has 0 radical (unpaired) electrons. The first-order valence-corrected chi connectivity index (χ1v) is 9.17. The minimum atomic E-state index is 0.204. The number of unbranched alkanes of at least 4 members (excludes halogenated alkanes) is 4. The van der Waals surface area contributed by atoms with Crippen LogP contribution in [0, 0.1) is 0 Å². The average Bonchev–Trinajstić information content (AvgIpc) is 3.04. The summed E-state index contributed by atoms with van der Waals surface area (Å²) in [5, 5.41) is 0. The third-order valence-corrected chi connectivity index (χ3v) is 4.72. The molecule has 0 spiro atoms. The van der Waals surface area contributed by atoms with Gasteiger partial charge in [-0.05, 0) is 37.8 Å². The van der Waals surface area contributed by atoms with Crippen LogP contribution in [-0.2, 0) is 0 Å². The van der Waals surface area contributed by atoms with E-state index in [1.165, 1.54) is 44.9 Å². The molecular weight excluding hydrogens is 290 g/mol. The molecule has 0 aliphatic carbocycles. The molecule has 2 heterocycles. The molecule has 0 aromatic heterocycles. The molecule has 0 saturated carbocycles. The minimum Gasteiger partial charge on any atom is -0.475 e. The van der Waals surface area contributed by atoms with Crippen LogP contribution in [0.4, 0.5) is 0 Å². The highest BCUT2D eigenvalue weighted by Gasteiger charge is 2.24. The summed E-state index contributed by atoms with van der Waals surface area (Å²) in [6.45, 7) is 4.88. The Hall–Kier alpha value is -1.42. The summed E-state index contributed by atoms with van der Waals surface area (Å²) < 4.78 is 17.1. The molecule has 4 nitrogen and oxygen atoms in total. The van der Waals surface area contributed by atoms with Crippen LogP contribution in [0.5, 0.6) is 17.2 Å². The standard InChI is InChI=1S/C19H29NO3/c1-2-3-4-5-7-12-20-13-8-6-9-19(20)23-16-10-11-17-18(14-16)22-15-21-17/h10-11,14,19H,2-9,12-13,15H2,1H3. The van der Waals surface area contributed by atoms with Gasteiger partial charge in [-0.3, -0.25) is 4.90 Å². The van der Waals surface area contributed by atoms with Crippen molar-refractivity contribution >= 4 is 0 Å². The van der Waals surface area contributed by atoms with E-state index in [0.29, 0.717) is 6.79 Å². The molecule has 128 valence electrons. The Kier molecular flexibility index (Phi) is 6.03. The molecule has 2 aliphatic heterocycles. The van der Waals surface area contributed by atoms with Crippen LogP contribution in [-0.4, -0.2) is 31.0 Å². The van der Waals surface area contributed by atoms with Crippen LogP contribution in [0.2, 0.25) is 0 Å². The lowest BCUT2D eigenvalue weighted by atomic mass is 10.1. The number of hydrogen-bond donors (Lipinski definition) is 0. The molecule has 1 fully saturated rings. The van der Waals surface area contributed by atoms with Crippen LogP contribution >= 0.6 is 0 Å². The van der Waals surface area contributed by atoms with Gasteiger partial charge in [0.2, 0.25) is 6.79 Å². The van der Waals surface area contributed by atoms with Gasteiger partial charge in [0, 0.05) is 19.2 Å². The predicted octanol–water partition coefficient (Wildman–Crippen LogP) is 4.58. The zero-order valence-corrected chi connectivity index (χ0v) is 14.3. The van der Waals surface area contributed by atoms with E-state index >= 15 is 0 Å². The number of likely N-dealkylation sites (tertiary alicyclic amines) is 1. The maximum atomic E-state index is 6.26. The second-order valence-corrected chi connectivity index (χ2v) is 6.53. The lowest BCUT2D eigenvalue weighted by Crippen LogP contribution is -2.43. The fourth-order valence-electron chi connectivity index (χ4n) is 3.38. The number of piperidine rings is 1. The van der Waals surface area contributed by atoms with E-state index in [1.54, 1.807) is 0 Å².